The fraction of sp³-hybridized carbons (Fsp3) is 0.682. The molecule has 1 aromatic carbocycles. The van der Waals surface area contributed by atoms with Crippen molar-refractivity contribution in [2.75, 3.05) is 13.7 Å². The summed E-state index contributed by atoms with van der Waals surface area (Å²) in [4.78, 5) is 4.51. The van der Waals surface area contributed by atoms with E-state index in [2.05, 4.69) is 18.0 Å². The number of phenols is 1. The smallest absolute Gasteiger partial charge is 0.128 e. The van der Waals surface area contributed by atoms with Crippen LogP contribution < -0.4 is 4.74 Å². The van der Waals surface area contributed by atoms with Crippen molar-refractivity contribution in [1.82, 2.24) is 0 Å². The fourth-order valence-electron chi connectivity index (χ4n) is 6.10. The standard InChI is InChI=1S/C22H31NO2/c1-3-4-5-23-14-18-9-19(25-2)10-20(21(18)24)22-11-15-6-16(12-22)8-17(7-15)13-22/h9-10,14-17,24H,3-8,11-13H2,1-2H3. The van der Waals surface area contributed by atoms with Crippen LogP contribution in [0.4, 0.5) is 0 Å². The van der Waals surface area contributed by atoms with E-state index in [1.54, 1.807) is 7.11 Å². The average molecular weight is 341 g/mol. The molecule has 1 aromatic rings. The Morgan fingerprint density at radius 2 is 1.80 bits per heavy atom. The molecule has 5 rings (SSSR count). The van der Waals surface area contributed by atoms with Gasteiger partial charge in [0.1, 0.15) is 11.5 Å². The van der Waals surface area contributed by atoms with E-state index in [4.69, 9.17) is 4.74 Å². The molecule has 0 aromatic heterocycles. The number of nitrogens with zero attached hydrogens (tertiary/aromatic N) is 1. The molecule has 4 saturated carbocycles. The minimum Gasteiger partial charge on any atom is -0.507 e. The Morgan fingerprint density at radius 1 is 1.16 bits per heavy atom. The van der Waals surface area contributed by atoms with Gasteiger partial charge in [0, 0.05) is 23.9 Å². The Balaban J connectivity index is 1.70. The topological polar surface area (TPSA) is 41.8 Å². The number of rotatable bonds is 6. The maximum Gasteiger partial charge on any atom is 0.128 e. The monoisotopic (exact) mass is 341 g/mol. The number of aromatic hydroxyl groups is 1. The van der Waals surface area contributed by atoms with E-state index >= 15 is 0 Å². The van der Waals surface area contributed by atoms with Crippen molar-refractivity contribution in [3.05, 3.63) is 23.3 Å². The van der Waals surface area contributed by atoms with E-state index in [1.807, 2.05) is 12.3 Å². The first-order valence-corrected chi connectivity index (χ1v) is 10.0. The summed E-state index contributed by atoms with van der Waals surface area (Å²) < 4.78 is 5.57. The SMILES string of the molecule is CCCCN=Cc1cc(OC)cc(C23CC4CC(CC(C4)C2)C3)c1O. The Hall–Kier alpha value is -1.51. The molecule has 0 aliphatic heterocycles. The van der Waals surface area contributed by atoms with Gasteiger partial charge in [0.15, 0.2) is 0 Å². The van der Waals surface area contributed by atoms with Gasteiger partial charge in [-0.15, -0.1) is 0 Å². The molecule has 25 heavy (non-hydrogen) atoms. The lowest BCUT2D eigenvalue weighted by Gasteiger charge is -2.57. The number of aliphatic imine (C=N–C) groups is 1. The number of unbranched alkanes of at least 4 members (excludes halogenated alkanes) is 1. The van der Waals surface area contributed by atoms with Crippen LogP contribution in [0.3, 0.4) is 0 Å². The van der Waals surface area contributed by atoms with Crippen molar-refractivity contribution >= 4 is 6.21 Å². The van der Waals surface area contributed by atoms with Crippen LogP contribution in [-0.2, 0) is 5.41 Å². The number of hydrogen-bond acceptors (Lipinski definition) is 3. The first kappa shape index (κ1) is 16.9. The van der Waals surface area contributed by atoms with Crippen LogP contribution in [0, 0.1) is 17.8 Å². The number of methoxy groups -OCH3 is 1. The second-order valence-corrected chi connectivity index (χ2v) is 8.70. The van der Waals surface area contributed by atoms with E-state index in [0.717, 1.165) is 54.0 Å². The van der Waals surface area contributed by atoms with Crippen molar-refractivity contribution < 1.29 is 9.84 Å². The Morgan fingerprint density at radius 3 is 2.36 bits per heavy atom. The predicted molar refractivity (Wildman–Crippen MR) is 102 cm³/mol. The molecule has 0 unspecified atom stereocenters. The van der Waals surface area contributed by atoms with Crippen molar-refractivity contribution in [3.63, 3.8) is 0 Å². The van der Waals surface area contributed by atoms with Gasteiger partial charge in [0.2, 0.25) is 0 Å². The zero-order chi connectivity index (χ0) is 17.4. The number of hydrogen-bond donors (Lipinski definition) is 1. The molecule has 0 atom stereocenters. The van der Waals surface area contributed by atoms with Gasteiger partial charge in [-0.25, -0.2) is 0 Å². The molecule has 0 saturated heterocycles. The Labute approximate surface area is 151 Å². The highest BCUT2D eigenvalue weighted by Gasteiger charge is 2.52. The summed E-state index contributed by atoms with van der Waals surface area (Å²) in [7, 11) is 1.72. The van der Waals surface area contributed by atoms with Crippen LogP contribution in [0.25, 0.3) is 0 Å². The second-order valence-electron chi connectivity index (χ2n) is 8.70. The maximum absolute atomic E-state index is 11.1. The van der Waals surface area contributed by atoms with Crippen molar-refractivity contribution in [3.8, 4) is 11.5 Å². The van der Waals surface area contributed by atoms with E-state index in [9.17, 15) is 5.11 Å². The predicted octanol–water partition coefficient (Wildman–Crippen LogP) is 5.09. The molecule has 4 aliphatic rings. The molecule has 0 radical (unpaired) electrons. The van der Waals surface area contributed by atoms with Gasteiger partial charge < -0.3 is 9.84 Å². The molecular formula is C22H31NO2. The third-order valence-electron chi connectivity index (χ3n) is 6.83. The molecule has 4 aliphatic carbocycles. The Bertz CT molecular complexity index is 629. The first-order chi connectivity index (χ1) is 12.1. The van der Waals surface area contributed by atoms with Gasteiger partial charge in [0.05, 0.1) is 7.11 Å². The normalized spacial score (nSPS) is 33.3. The van der Waals surface area contributed by atoms with Gasteiger partial charge in [0.25, 0.3) is 0 Å². The number of benzene rings is 1. The highest BCUT2D eigenvalue weighted by Crippen LogP contribution is 2.62. The summed E-state index contributed by atoms with van der Waals surface area (Å²) in [5, 5.41) is 11.1. The molecule has 4 bridgehead atoms. The summed E-state index contributed by atoms with van der Waals surface area (Å²) >= 11 is 0. The summed E-state index contributed by atoms with van der Waals surface area (Å²) in [6.45, 7) is 2.99. The molecule has 4 fully saturated rings. The average Bonchev–Trinajstić information content (AvgIpc) is 2.58. The minimum absolute atomic E-state index is 0.166. The molecule has 3 heteroatoms. The number of ether oxygens (including phenoxy) is 1. The Kier molecular flexibility index (Phi) is 4.51. The molecule has 0 heterocycles. The van der Waals surface area contributed by atoms with Crippen LogP contribution in [0.2, 0.25) is 0 Å². The second kappa shape index (κ2) is 6.66. The van der Waals surface area contributed by atoms with Crippen LogP contribution in [0.5, 0.6) is 11.5 Å². The van der Waals surface area contributed by atoms with Crippen molar-refractivity contribution in [2.24, 2.45) is 22.7 Å². The van der Waals surface area contributed by atoms with E-state index < -0.39 is 0 Å². The fourth-order valence-corrected chi connectivity index (χ4v) is 6.10. The lowest BCUT2D eigenvalue weighted by atomic mass is 9.48. The van der Waals surface area contributed by atoms with Crippen LogP contribution in [-0.4, -0.2) is 25.0 Å². The minimum atomic E-state index is 0.166. The van der Waals surface area contributed by atoms with E-state index in [-0.39, 0.29) is 5.41 Å². The summed E-state index contributed by atoms with van der Waals surface area (Å²) in [5.41, 5.74) is 2.11. The zero-order valence-electron chi connectivity index (χ0n) is 15.6. The quantitative estimate of drug-likeness (QED) is 0.578. The molecule has 0 amide bonds. The largest absolute Gasteiger partial charge is 0.507 e. The highest BCUT2D eigenvalue weighted by atomic mass is 16.5. The summed E-state index contributed by atoms with van der Waals surface area (Å²) in [5.74, 6) is 3.87. The third-order valence-corrected chi connectivity index (χ3v) is 6.83. The zero-order valence-corrected chi connectivity index (χ0v) is 15.6. The summed E-state index contributed by atoms with van der Waals surface area (Å²) in [6.07, 6.45) is 12.0. The van der Waals surface area contributed by atoms with Gasteiger partial charge in [-0.05, 0) is 80.2 Å². The third kappa shape index (κ3) is 3.07. The molecular weight excluding hydrogens is 310 g/mol. The van der Waals surface area contributed by atoms with Crippen LogP contribution in [0.1, 0.15) is 69.4 Å². The van der Waals surface area contributed by atoms with Gasteiger partial charge in [-0.2, -0.15) is 0 Å². The first-order valence-electron chi connectivity index (χ1n) is 10.0. The molecule has 0 spiro atoms. The van der Waals surface area contributed by atoms with Crippen molar-refractivity contribution in [2.45, 2.75) is 63.7 Å². The lowest BCUT2D eigenvalue weighted by molar-refractivity contribution is -0.00622. The number of phenolic OH excluding ortho intramolecular Hbond substituents is 1. The maximum atomic E-state index is 11.1. The van der Waals surface area contributed by atoms with E-state index in [1.165, 1.54) is 38.5 Å². The van der Waals surface area contributed by atoms with E-state index in [0.29, 0.717) is 5.75 Å². The van der Waals surface area contributed by atoms with Crippen LogP contribution in [0.15, 0.2) is 17.1 Å². The molecule has 3 nitrogen and oxygen atoms in total. The highest BCUT2D eigenvalue weighted by molar-refractivity contribution is 5.85. The summed E-state index contributed by atoms with van der Waals surface area (Å²) in [6, 6.07) is 4.03. The lowest BCUT2D eigenvalue weighted by Crippen LogP contribution is -2.48. The van der Waals surface area contributed by atoms with Gasteiger partial charge in [-0.3, -0.25) is 4.99 Å². The van der Waals surface area contributed by atoms with Gasteiger partial charge in [-0.1, -0.05) is 13.3 Å². The van der Waals surface area contributed by atoms with Crippen LogP contribution >= 0.6 is 0 Å². The van der Waals surface area contributed by atoms with Crippen molar-refractivity contribution in [1.29, 1.82) is 0 Å². The molecule has 1 N–H and O–H groups in total. The molecule has 136 valence electrons. The van der Waals surface area contributed by atoms with Gasteiger partial charge >= 0.3 is 0 Å².